The molecule has 0 spiro atoms. The number of rotatable bonds is 2. The maximum atomic E-state index is 13.5. The third-order valence-corrected chi connectivity index (χ3v) is 5.31. The van der Waals surface area contributed by atoms with Crippen molar-refractivity contribution in [2.24, 2.45) is 17.3 Å². The molecule has 0 heterocycles. The van der Waals surface area contributed by atoms with Gasteiger partial charge in [-0.05, 0) is 57.3 Å². The number of carbonyl (C=O) groups excluding carboxylic acids is 1. The Morgan fingerprint density at radius 3 is 2.35 bits per heavy atom. The molecule has 4 fully saturated rings. The van der Waals surface area contributed by atoms with Crippen LogP contribution >= 0.6 is 0 Å². The van der Waals surface area contributed by atoms with E-state index in [1.807, 2.05) is 0 Å². The van der Waals surface area contributed by atoms with E-state index in [2.05, 4.69) is 5.32 Å². The second-order valence-corrected chi connectivity index (χ2v) is 6.86. The summed E-state index contributed by atoms with van der Waals surface area (Å²) in [5, 5.41) is 2.76. The number of hydrogen-bond acceptors (Lipinski definition) is 2. The molecule has 1 N–H and O–H groups in total. The quantitative estimate of drug-likeness (QED) is 0.843. The van der Waals surface area contributed by atoms with Crippen molar-refractivity contribution in [2.45, 2.75) is 57.2 Å². The predicted octanol–water partition coefficient (Wildman–Crippen LogP) is 3.63. The number of hydrogen-bond donors (Lipinski definition) is 1. The van der Waals surface area contributed by atoms with Gasteiger partial charge in [-0.15, -0.1) is 0 Å². The maximum Gasteiger partial charge on any atom is 0.407 e. The fourth-order valence-corrected chi connectivity index (χ4v) is 5.12. The first-order valence-electron chi connectivity index (χ1n) is 7.29. The van der Waals surface area contributed by atoms with Crippen molar-refractivity contribution in [3.05, 3.63) is 0 Å². The van der Waals surface area contributed by atoms with E-state index in [1.165, 1.54) is 0 Å². The summed E-state index contributed by atoms with van der Waals surface area (Å²) in [7, 11) is 0. The summed E-state index contributed by atoms with van der Waals surface area (Å²) < 4.78 is 45.4. The molecule has 4 aliphatic carbocycles. The Morgan fingerprint density at radius 1 is 1.25 bits per heavy atom. The molecule has 20 heavy (non-hydrogen) atoms. The average Bonchev–Trinajstić information content (AvgIpc) is 2.24. The minimum Gasteiger partial charge on any atom is -0.450 e. The lowest BCUT2D eigenvalue weighted by atomic mass is 9.46. The van der Waals surface area contributed by atoms with Crippen LogP contribution in [0.3, 0.4) is 0 Å². The Kier molecular flexibility index (Phi) is 3.00. The van der Waals surface area contributed by atoms with E-state index < -0.39 is 23.2 Å². The topological polar surface area (TPSA) is 38.3 Å². The monoisotopic (exact) mass is 291 g/mol. The first-order chi connectivity index (χ1) is 9.28. The van der Waals surface area contributed by atoms with Gasteiger partial charge in [0.2, 0.25) is 0 Å². The van der Waals surface area contributed by atoms with Crippen molar-refractivity contribution in [2.75, 3.05) is 6.61 Å². The zero-order chi connectivity index (χ0) is 14.6. The molecule has 0 aromatic heterocycles. The summed E-state index contributed by atoms with van der Waals surface area (Å²) >= 11 is 0. The molecule has 0 aromatic rings. The zero-order valence-electron chi connectivity index (χ0n) is 11.6. The third kappa shape index (κ3) is 2.07. The molecule has 0 unspecified atom stereocenters. The van der Waals surface area contributed by atoms with Crippen molar-refractivity contribution in [1.29, 1.82) is 0 Å². The number of ether oxygens (including phenoxy) is 1. The maximum absolute atomic E-state index is 13.5. The van der Waals surface area contributed by atoms with Crippen LogP contribution in [-0.4, -0.2) is 24.4 Å². The fourth-order valence-electron chi connectivity index (χ4n) is 5.12. The summed E-state index contributed by atoms with van der Waals surface area (Å²) in [6.45, 7) is 1.93. The minimum atomic E-state index is -4.17. The minimum absolute atomic E-state index is 0.0231. The molecule has 114 valence electrons. The molecule has 0 saturated heterocycles. The molecule has 3 nitrogen and oxygen atoms in total. The predicted molar refractivity (Wildman–Crippen MR) is 66.1 cm³/mol. The van der Waals surface area contributed by atoms with Crippen molar-refractivity contribution in [3.63, 3.8) is 0 Å². The lowest BCUT2D eigenvalue weighted by molar-refractivity contribution is -0.277. The summed E-state index contributed by atoms with van der Waals surface area (Å²) in [5.74, 6) is 0.166. The van der Waals surface area contributed by atoms with E-state index in [0.717, 1.165) is 6.42 Å². The van der Waals surface area contributed by atoms with Gasteiger partial charge in [0.05, 0.1) is 12.0 Å². The highest BCUT2D eigenvalue weighted by molar-refractivity contribution is 5.68. The lowest BCUT2D eigenvalue weighted by Gasteiger charge is -2.62. The van der Waals surface area contributed by atoms with Gasteiger partial charge in [-0.3, -0.25) is 0 Å². The standard InChI is InChI=1S/C14H20F3NO2/c1-2-20-11(19)18-13-6-9-3-10(7-13)5-12(4-9,8-13)14(15,16)17/h9-10H,2-8H2,1H3,(H,18,19)/t9-,10-,12?,13?/m0/s1. The summed E-state index contributed by atoms with van der Waals surface area (Å²) in [4.78, 5) is 11.7. The second-order valence-electron chi connectivity index (χ2n) is 6.86. The van der Waals surface area contributed by atoms with E-state index in [1.54, 1.807) is 6.92 Å². The number of alkyl carbamates (subject to hydrolysis) is 1. The summed E-state index contributed by atoms with van der Waals surface area (Å²) in [5.41, 5.74) is -2.29. The molecular weight excluding hydrogens is 271 g/mol. The number of nitrogens with one attached hydrogen (secondary N) is 1. The smallest absolute Gasteiger partial charge is 0.407 e. The number of amides is 1. The van der Waals surface area contributed by atoms with Crippen molar-refractivity contribution in [3.8, 4) is 0 Å². The van der Waals surface area contributed by atoms with E-state index in [0.29, 0.717) is 12.8 Å². The largest absolute Gasteiger partial charge is 0.450 e. The van der Waals surface area contributed by atoms with Gasteiger partial charge in [-0.2, -0.15) is 13.2 Å². The van der Waals surface area contributed by atoms with E-state index in [-0.39, 0.29) is 37.7 Å². The van der Waals surface area contributed by atoms with Crippen LogP contribution in [0.5, 0.6) is 0 Å². The Hall–Kier alpha value is -0.940. The van der Waals surface area contributed by atoms with Gasteiger partial charge in [-0.25, -0.2) is 4.79 Å². The van der Waals surface area contributed by atoms with Crippen LogP contribution < -0.4 is 5.32 Å². The van der Waals surface area contributed by atoms with Gasteiger partial charge in [-0.1, -0.05) is 0 Å². The summed E-state index contributed by atoms with van der Waals surface area (Å²) in [6, 6.07) is 0. The molecule has 2 atom stereocenters. The normalized spacial score (nSPS) is 42.6. The Labute approximate surface area is 116 Å². The second kappa shape index (κ2) is 4.28. The van der Waals surface area contributed by atoms with Crippen LogP contribution in [0.25, 0.3) is 0 Å². The molecule has 0 radical (unpaired) electrons. The van der Waals surface area contributed by atoms with Gasteiger partial charge in [0.1, 0.15) is 0 Å². The Morgan fingerprint density at radius 2 is 1.85 bits per heavy atom. The van der Waals surface area contributed by atoms with Crippen LogP contribution in [0.15, 0.2) is 0 Å². The Bertz CT molecular complexity index is 407. The van der Waals surface area contributed by atoms with Crippen molar-refractivity contribution < 1.29 is 22.7 Å². The van der Waals surface area contributed by atoms with Crippen LogP contribution in [0.2, 0.25) is 0 Å². The van der Waals surface area contributed by atoms with Crippen molar-refractivity contribution in [1.82, 2.24) is 5.32 Å². The fraction of sp³-hybridized carbons (Fsp3) is 0.929. The van der Waals surface area contributed by atoms with Crippen LogP contribution in [0.4, 0.5) is 18.0 Å². The molecule has 4 saturated carbocycles. The molecule has 0 aliphatic heterocycles. The van der Waals surface area contributed by atoms with Gasteiger partial charge >= 0.3 is 12.3 Å². The van der Waals surface area contributed by atoms with E-state index in [9.17, 15) is 18.0 Å². The highest BCUT2D eigenvalue weighted by Gasteiger charge is 2.67. The first-order valence-corrected chi connectivity index (χ1v) is 7.29. The molecular formula is C14H20F3NO2. The zero-order valence-corrected chi connectivity index (χ0v) is 11.6. The molecule has 0 aromatic carbocycles. The van der Waals surface area contributed by atoms with Gasteiger partial charge in [0, 0.05) is 5.54 Å². The van der Waals surface area contributed by atoms with Crippen LogP contribution in [-0.2, 0) is 4.74 Å². The lowest BCUT2D eigenvalue weighted by Crippen LogP contribution is -2.66. The molecule has 4 rings (SSSR count). The molecule has 4 aliphatic rings. The highest BCUT2D eigenvalue weighted by Crippen LogP contribution is 2.66. The number of alkyl halides is 3. The number of carbonyl (C=O) groups is 1. The van der Waals surface area contributed by atoms with Gasteiger partial charge < -0.3 is 10.1 Å². The SMILES string of the molecule is CCOC(=O)NC12C[C@H]3C[C@H](C1)CC(C(F)(F)F)(C3)C2. The molecule has 4 bridgehead atoms. The average molecular weight is 291 g/mol. The van der Waals surface area contributed by atoms with E-state index in [4.69, 9.17) is 4.74 Å². The first kappa shape index (κ1) is 14.0. The van der Waals surface area contributed by atoms with E-state index >= 15 is 0 Å². The molecule has 1 amide bonds. The highest BCUT2D eigenvalue weighted by atomic mass is 19.4. The van der Waals surface area contributed by atoms with Crippen LogP contribution in [0.1, 0.15) is 45.4 Å². The summed E-state index contributed by atoms with van der Waals surface area (Å²) in [6.07, 6.45) is -2.04. The number of halogens is 3. The molecule has 6 heteroatoms. The van der Waals surface area contributed by atoms with Gasteiger partial charge in [0.25, 0.3) is 0 Å². The Balaban J connectivity index is 1.85. The van der Waals surface area contributed by atoms with Gasteiger partial charge in [0.15, 0.2) is 0 Å². The third-order valence-electron chi connectivity index (χ3n) is 5.31. The van der Waals surface area contributed by atoms with Crippen molar-refractivity contribution >= 4 is 6.09 Å². The van der Waals surface area contributed by atoms with Crippen LogP contribution in [0, 0.1) is 17.3 Å².